The number of rotatable bonds is 5. The molecule has 0 saturated carbocycles. The number of hydrogen-bond acceptors (Lipinski definition) is 5. The largest absolute Gasteiger partial charge is 0.462 e. The fourth-order valence-electron chi connectivity index (χ4n) is 3.89. The number of likely N-dealkylation sites (tertiary alicyclic amines) is 1. The van der Waals surface area contributed by atoms with Gasteiger partial charge in [0.25, 0.3) is 0 Å². The number of pyridine rings is 2. The molecule has 1 aromatic carbocycles. The fraction of sp³-hybridized carbons (Fsp3) is 0.304. The van der Waals surface area contributed by atoms with Crippen molar-refractivity contribution in [3.8, 4) is 0 Å². The Kier molecular flexibility index (Phi) is 5.61. The quantitative estimate of drug-likeness (QED) is 0.610. The minimum Gasteiger partial charge on any atom is -0.462 e. The van der Waals surface area contributed by atoms with E-state index in [2.05, 4.69) is 4.98 Å². The molecule has 3 heterocycles. The first-order valence-corrected chi connectivity index (χ1v) is 10.1. The van der Waals surface area contributed by atoms with Crippen LogP contribution in [0, 0.1) is 0 Å². The van der Waals surface area contributed by atoms with E-state index in [-0.39, 0.29) is 29.5 Å². The van der Waals surface area contributed by atoms with Crippen LogP contribution in [0.5, 0.6) is 0 Å². The molecule has 7 heteroatoms. The lowest BCUT2D eigenvalue weighted by molar-refractivity contribution is -0.129. The Balaban J connectivity index is 1.63. The first-order valence-electron chi connectivity index (χ1n) is 10.1. The van der Waals surface area contributed by atoms with E-state index in [0.717, 1.165) is 12.0 Å². The maximum atomic E-state index is 12.8. The minimum atomic E-state index is -0.642. The molecule has 0 N–H and O–H groups in total. The second-order valence-corrected chi connectivity index (χ2v) is 7.32. The SMILES string of the molecule is CCOC(=O)c1cn([C@H]2CCN(C(=O)Cc3ccccc3)C2)c2ncccc2c1=O. The van der Waals surface area contributed by atoms with Crippen molar-refractivity contribution in [2.45, 2.75) is 25.8 Å². The van der Waals surface area contributed by atoms with Crippen LogP contribution in [0.2, 0.25) is 0 Å². The number of carbonyl (C=O) groups is 2. The predicted octanol–water partition coefficient (Wildman–Crippen LogP) is 2.59. The van der Waals surface area contributed by atoms with Crippen LogP contribution < -0.4 is 5.43 Å². The third-order valence-electron chi connectivity index (χ3n) is 5.39. The van der Waals surface area contributed by atoms with Crippen molar-refractivity contribution in [2.24, 2.45) is 0 Å². The van der Waals surface area contributed by atoms with Crippen molar-refractivity contribution in [3.05, 3.63) is 76.2 Å². The average molecular weight is 405 g/mol. The molecule has 2 aromatic heterocycles. The average Bonchev–Trinajstić information content (AvgIpc) is 3.25. The first kappa shape index (κ1) is 19.8. The number of aromatic nitrogens is 2. The third kappa shape index (κ3) is 3.83. The van der Waals surface area contributed by atoms with Gasteiger partial charge in [-0.05, 0) is 31.0 Å². The first-order chi connectivity index (χ1) is 14.6. The molecule has 0 spiro atoms. The molecule has 0 aliphatic carbocycles. The van der Waals surface area contributed by atoms with Gasteiger partial charge in [-0.25, -0.2) is 9.78 Å². The van der Waals surface area contributed by atoms with E-state index in [1.807, 2.05) is 39.8 Å². The molecular formula is C23H23N3O4. The van der Waals surface area contributed by atoms with Crippen LogP contribution in [0.25, 0.3) is 11.0 Å². The molecular weight excluding hydrogens is 382 g/mol. The summed E-state index contributed by atoms with van der Waals surface area (Å²) in [6.07, 6.45) is 4.23. The molecule has 1 saturated heterocycles. The van der Waals surface area contributed by atoms with Crippen molar-refractivity contribution in [2.75, 3.05) is 19.7 Å². The highest BCUT2D eigenvalue weighted by Crippen LogP contribution is 2.25. The zero-order valence-corrected chi connectivity index (χ0v) is 16.8. The number of fused-ring (bicyclic) bond motifs is 1. The van der Waals surface area contributed by atoms with E-state index in [4.69, 9.17) is 4.74 Å². The van der Waals surface area contributed by atoms with Gasteiger partial charge in [-0.1, -0.05) is 30.3 Å². The summed E-state index contributed by atoms with van der Waals surface area (Å²) in [6, 6.07) is 12.9. The van der Waals surface area contributed by atoms with Crippen LogP contribution >= 0.6 is 0 Å². The summed E-state index contributed by atoms with van der Waals surface area (Å²) in [7, 11) is 0. The number of nitrogens with zero attached hydrogens (tertiary/aromatic N) is 3. The van der Waals surface area contributed by atoms with Gasteiger partial charge in [0.05, 0.1) is 24.5 Å². The Hall–Kier alpha value is -3.48. The van der Waals surface area contributed by atoms with Gasteiger partial charge in [-0.15, -0.1) is 0 Å². The molecule has 0 bridgehead atoms. The maximum Gasteiger partial charge on any atom is 0.343 e. The lowest BCUT2D eigenvalue weighted by Crippen LogP contribution is -2.31. The fourth-order valence-corrected chi connectivity index (χ4v) is 3.89. The highest BCUT2D eigenvalue weighted by Gasteiger charge is 2.29. The summed E-state index contributed by atoms with van der Waals surface area (Å²) in [6.45, 7) is 3.01. The number of amides is 1. The molecule has 1 amide bonds. The summed E-state index contributed by atoms with van der Waals surface area (Å²) in [4.78, 5) is 44.1. The smallest absolute Gasteiger partial charge is 0.343 e. The molecule has 154 valence electrons. The van der Waals surface area contributed by atoms with Gasteiger partial charge in [0.1, 0.15) is 11.2 Å². The topological polar surface area (TPSA) is 81.5 Å². The summed E-state index contributed by atoms with van der Waals surface area (Å²) >= 11 is 0. The van der Waals surface area contributed by atoms with Gasteiger partial charge < -0.3 is 14.2 Å². The molecule has 1 atom stereocenters. The molecule has 0 unspecified atom stereocenters. The molecule has 1 aliphatic rings. The van der Waals surface area contributed by atoms with Gasteiger partial charge in [0.15, 0.2) is 0 Å². The van der Waals surface area contributed by atoms with Crippen molar-refractivity contribution in [3.63, 3.8) is 0 Å². The van der Waals surface area contributed by atoms with E-state index in [1.165, 1.54) is 6.20 Å². The van der Waals surface area contributed by atoms with E-state index >= 15 is 0 Å². The number of carbonyl (C=O) groups excluding carboxylic acids is 2. The summed E-state index contributed by atoms with van der Waals surface area (Å²) in [5.41, 5.74) is 1.10. The van der Waals surface area contributed by atoms with Crippen molar-refractivity contribution in [1.29, 1.82) is 0 Å². The minimum absolute atomic E-state index is 0.00795. The predicted molar refractivity (Wildman–Crippen MR) is 112 cm³/mol. The number of ether oxygens (including phenoxy) is 1. The number of benzene rings is 1. The molecule has 1 fully saturated rings. The van der Waals surface area contributed by atoms with Crippen molar-refractivity contribution < 1.29 is 14.3 Å². The second kappa shape index (κ2) is 8.49. The normalized spacial score (nSPS) is 16.0. The van der Waals surface area contributed by atoms with Gasteiger partial charge in [-0.2, -0.15) is 0 Å². The molecule has 0 radical (unpaired) electrons. The van der Waals surface area contributed by atoms with Gasteiger partial charge in [0.2, 0.25) is 11.3 Å². The van der Waals surface area contributed by atoms with Crippen LogP contribution in [0.3, 0.4) is 0 Å². The number of hydrogen-bond donors (Lipinski definition) is 0. The van der Waals surface area contributed by atoms with E-state index in [9.17, 15) is 14.4 Å². The standard InChI is InChI=1S/C23H23N3O4/c1-2-30-23(29)19-15-26(22-18(21(19)28)9-6-11-24-22)17-10-12-25(14-17)20(27)13-16-7-4-3-5-8-16/h3-9,11,15,17H,2,10,12-14H2,1H3/t17-/m0/s1. The van der Waals surface area contributed by atoms with E-state index in [0.29, 0.717) is 30.5 Å². The lowest BCUT2D eigenvalue weighted by atomic mass is 10.1. The molecule has 4 rings (SSSR count). The highest BCUT2D eigenvalue weighted by molar-refractivity contribution is 5.93. The Labute approximate surface area is 173 Å². The van der Waals surface area contributed by atoms with Gasteiger partial charge in [0, 0.05) is 25.5 Å². The van der Waals surface area contributed by atoms with E-state index in [1.54, 1.807) is 25.3 Å². The Morgan fingerprint density at radius 2 is 1.97 bits per heavy atom. The Bertz CT molecular complexity index is 1140. The zero-order valence-electron chi connectivity index (χ0n) is 16.8. The van der Waals surface area contributed by atoms with Crippen LogP contribution in [0.15, 0.2) is 59.7 Å². The van der Waals surface area contributed by atoms with Crippen molar-refractivity contribution in [1.82, 2.24) is 14.5 Å². The van der Waals surface area contributed by atoms with E-state index < -0.39 is 5.97 Å². The van der Waals surface area contributed by atoms with Gasteiger partial charge >= 0.3 is 5.97 Å². The van der Waals surface area contributed by atoms with Gasteiger partial charge in [-0.3, -0.25) is 9.59 Å². The summed E-state index contributed by atoms with van der Waals surface area (Å²) in [5, 5.41) is 0.372. The third-order valence-corrected chi connectivity index (χ3v) is 5.39. The lowest BCUT2D eigenvalue weighted by Gasteiger charge is -2.20. The molecule has 1 aliphatic heterocycles. The second-order valence-electron chi connectivity index (χ2n) is 7.32. The van der Waals surface area contributed by atoms with Crippen LogP contribution in [-0.2, 0) is 16.0 Å². The Morgan fingerprint density at radius 1 is 1.17 bits per heavy atom. The van der Waals surface area contributed by atoms with Crippen LogP contribution in [-0.4, -0.2) is 46.0 Å². The maximum absolute atomic E-state index is 12.8. The van der Waals surface area contributed by atoms with Crippen LogP contribution in [0.1, 0.15) is 35.3 Å². The zero-order chi connectivity index (χ0) is 21.1. The molecule has 30 heavy (non-hydrogen) atoms. The number of esters is 1. The summed E-state index contributed by atoms with van der Waals surface area (Å²) < 4.78 is 6.91. The summed E-state index contributed by atoms with van der Waals surface area (Å²) in [5.74, 6) is -0.579. The van der Waals surface area contributed by atoms with Crippen molar-refractivity contribution >= 4 is 22.9 Å². The van der Waals surface area contributed by atoms with Crippen LogP contribution in [0.4, 0.5) is 0 Å². The monoisotopic (exact) mass is 405 g/mol. The Morgan fingerprint density at radius 3 is 2.73 bits per heavy atom. The highest BCUT2D eigenvalue weighted by atomic mass is 16.5. The molecule has 3 aromatic rings. The molecule has 7 nitrogen and oxygen atoms in total.